The van der Waals surface area contributed by atoms with Crippen LogP contribution in [0.5, 0.6) is 5.75 Å². The molecule has 1 aliphatic carbocycles. The topological polar surface area (TPSA) is 106 Å². The van der Waals surface area contributed by atoms with Gasteiger partial charge >= 0.3 is 11.6 Å². The predicted molar refractivity (Wildman–Crippen MR) is 124 cm³/mol. The van der Waals surface area contributed by atoms with E-state index in [2.05, 4.69) is 5.32 Å². The van der Waals surface area contributed by atoms with Crippen LogP contribution < -0.4 is 15.7 Å². The number of carbonyl (C=O) groups is 2. The summed E-state index contributed by atoms with van der Waals surface area (Å²) >= 11 is 1.33. The lowest BCUT2D eigenvalue weighted by Crippen LogP contribution is -2.43. The number of hydrogen-bond acceptors (Lipinski definition) is 6. The molecule has 1 saturated carbocycles. The number of carboxylic acid groups (broad SMARTS) is 1. The number of nitrogens with one attached hydrogen (secondary N) is 1. The average molecular weight is 460 g/mol. The van der Waals surface area contributed by atoms with E-state index >= 15 is 0 Å². The zero-order valence-corrected chi connectivity index (χ0v) is 19.3. The maximum absolute atomic E-state index is 12.7. The van der Waals surface area contributed by atoms with Crippen molar-refractivity contribution in [2.45, 2.75) is 69.9 Å². The monoisotopic (exact) mass is 459 g/mol. The third kappa shape index (κ3) is 4.51. The predicted octanol–water partition coefficient (Wildman–Crippen LogP) is 3.60. The van der Waals surface area contributed by atoms with Crippen LogP contribution in [0.15, 0.2) is 21.3 Å². The van der Waals surface area contributed by atoms with Crippen molar-refractivity contribution in [3.05, 3.63) is 39.2 Å². The first kappa shape index (κ1) is 22.7. The van der Waals surface area contributed by atoms with E-state index in [0.717, 1.165) is 42.4 Å². The van der Waals surface area contributed by atoms with Gasteiger partial charge < -0.3 is 19.6 Å². The summed E-state index contributed by atoms with van der Waals surface area (Å²) in [6.45, 7) is 1.80. The van der Waals surface area contributed by atoms with Crippen LogP contribution >= 0.6 is 11.8 Å². The highest BCUT2D eigenvalue weighted by molar-refractivity contribution is 7.98. The van der Waals surface area contributed by atoms with Gasteiger partial charge in [-0.15, -0.1) is 0 Å². The summed E-state index contributed by atoms with van der Waals surface area (Å²) in [5.74, 6) is -0.570. The van der Waals surface area contributed by atoms with Crippen LogP contribution in [0.25, 0.3) is 11.0 Å². The molecular weight excluding hydrogens is 430 g/mol. The van der Waals surface area contributed by atoms with Gasteiger partial charge in [-0.3, -0.25) is 4.79 Å². The number of aryl methyl sites for hydroxylation is 2. The molecule has 1 aromatic heterocycles. The summed E-state index contributed by atoms with van der Waals surface area (Å²) in [6.07, 6.45) is 9.20. The van der Waals surface area contributed by atoms with Crippen LogP contribution in [0.4, 0.5) is 0 Å². The van der Waals surface area contributed by atoms with Gasteiger partial charge in [-0.05, 0) is 68.9 Å². The Hall–Kier alpha value is -2.48. The van der Waals surface area contributed by atoms with Crippen molar-refractivity contribution >= 4 is 34.6 Å². The molecule has 0 bridgehead atoms. The molecule has 1 spiro atoms. The fourth-order valence-corrected chi connectivity index (χ4v) is 5.46. The van der Waals surface area contributed by atoms with Crippen molar-refractivity contribution in [2.24, 2.45) is 0 Å². The van der Waals surface area contributed by atoms with Gasteiger partial charge in [-0.2, -0.15) is 11.8 Å². The van der Waals surface area contributed by atoms with Gasteiger partial charge in [-0.1, -0.05) is 6.42 Å². The fraction of sp³-hybridized carbons (Fsp3) is 0.542. The van der Waals surface area contributed by atoms with E-state index < -0.39 is 23.5 Å². The van der Waals surface area contributed by atoms with Crippen LogP contribution in [0.1, 0.15) is 55.2 Å². The lowest BCUT2D eigenvalue weighted by molar-refractivity contribution is -0.141. The normalized spacial score (nSPS) is 18.1. The summed E-state index contributed by atoms with van der Waals surface area (Å²) in [6, 6.07) is 2.83. The molecule has 7 nitrogen and oxygen atoms in total. The number of rotatable bonds is 6. The highest BCUT2D eigenvalue weighted by Gasteiger charge is 2.37. The number of fused-ring (bicyclic) bond motifs is 2. The molecule has 1 atom stereocenters. The van der Waals surface area contributed by atoms with E-state index in [9.17, 15) is 19.5 Å². The zero-order valence-electron chi connectivity index (χ0n) is 18.5. The molecule has 1 fully saturated rings. The Morgan fingerprint density at radius 3 is 2.66 bits per heavy atom. The van der Waals surface area contributed by atoms with E-state index in [1.807, 2.05) is 12.1 Å². The third-order valence-corrected chi connectivity index (χ3v) is 7.38. The minimum atomic E-state index is -1.10. The second-order valence-corrected chi connectivity index (χ2v) is 9.80. The number of hydrogen-bond donors (Lipinski definition) is 2. The Morgan fingerprint density at radius 1 is 1.22 bits per heavy atom. The first-order valence-electron chi connectivity index (χ1n) is 11.1. The smallest absolute Gasteiger partial charge is 0.340 e. The molecule has 2 N–H and O–H groups in total. The summed E-state index contributed by atoms with van der Waals surface area (Å²) in [5, 5.41) is 12.5. The number of thioether (sulfide) groups is 1. The maximum Gasteiger partial charge on any atom is 0.340 e. The molecule has 2 aromatic rings. The highest BCUT2D eigenvalue weighted by atomic mass is 32.2. The Bertz CT molecular complexity index is 1100. The molecule has 1 amide bonds. The molecule has 1 aromatic carbocycles. The standard InChI is InChI=1S/C24H29NO6S/c1-14-16-10-15-6-9-24(7-4-3-5-8-24)31-19(15)12-20(16)30-23(29)17(14)11-21(26)25-18(13-32-2)22(27)28/h10,12,18H,3-9,11,13H2,1-2H3,(H,25,26)(H,27,28). The molecule has 32 heavy (non-hydrogen) atoms. The molecule has 0 saturated heterocycles. The van der Waals surface area contributed by atoms with Crippen LogP contribution in [0, 0.1) is 6.92 Å². The van der Waals surface area contributed by atoms with E-state index in [-0.39, 0.29) is 23.3 Å². The number of carboxylic acids is 1. The van der Waals surface area contributed by atoms with Crippen molar-refractivity contribution in [2.75, 3.05) is 12.0 Å². The molecule has 2 aliphatic rings. The molecule has 172 valence electrons. The molecule has 4 rings (SSSR count). The summed E-state index contributed by atoms with van der Waals surface area (Å²) in [5.41, 5.74) is 1.81. The van der Waals surface area contributed by atoms with Crippen molar-refractivity contribution < 1.29 is 23.8 Å². The van der Waals surface area contributed by atoms with Crippen molar-refractivity contribution in [1.82, 2.24) is 5.32 Å². The molecule has 0 radical (unpaired) electrons. The number of ether oxygens (including phenoxy) is 1. The minimum absolute atomic E-state index is 0.0935. The van der Waals surface area contributed by atoms with E-state index in [4.69, 9.17) is 9.15 Å². The number of benzene rings is 1. The van der Waals surface area contributed by atoms with Crippen LogP contribution in [-0.4, -0.2) is 40.6 Å². The van der Waals surface area contributed by atoms with Crippen LogP contribution in [-0.2, 0) is 22.4 Å². The van der Waals surface area contributed by atoms with Gasteiger partial charge in [0, 0.05) is 17.2 Å². The molecule has 8 heteroatoms. The zero-order chi connectivity index (χ0) is 22.9. The van der Waals surface area contributed by atoms with Crippen molar-refractivity contribution in [1.29, 1.82) is 0 Å². The summed E-state index contributed by atoms with van der Waals surface area (Å²) < 4.78 is 12.0. The Balaban J connectivity index is 1.61. The second-order valence-electron chi connectivity index (χ2n) is 8.89. The van der Waals surface area contributed by atoms with Gasteiger partial charge in [0.25, 0.3) is 0 Å². The first-order chi connectivity index (χ1) is 15.3. The van der Waals surface area contributed by atoms with E-state index in [1.54, 1.807) is 13.2 Å². The second kappa shape index (κ2) is 9.17. The highest BCUT2D eigenvalue weighted by Crippen LogP contribution is 2.43. The molecular formula is C24H29NO6S. The van der Waals surface area contributed by atoms with E-state index in [1.165, 1.54) is 31.0 Å². The number of aliphatic carboxylic acids is 1. The van der Waals surface area contributed by atoms with Gasteiger partial charge in [0.15, 0.2) is 0 Å². The fourth-order valence-electron chi connectivity index (χ4n) is 4.90. The van der Waals surface area contributed by atoms with Gasteiger partial charge in [0.05, 0.1) is 12.0 Å². The van der Waals surface area contributed by atoms with Crippen LogP contribution in [0.3, 0.4) is 0 Å². The molecule has 2 heterocycles. The Morgan fingerprint density at radius 2 is 1.97 bits per heavy atom. The Kier molecular flexibility index (Phi) is 6.51. The third-order valence-electron chi connectivity index (χ3n) is 6.71. The SMILES string of the molecule is CSCC(NC(=O)Cc1c(C)c2cc3c(cc2oc1=O)OC1(CCCCC1)CC3)C(=O)O. The summed E-state index contributed by atoms with van der Waals surface area (Å²) in [7, 11) is 0. The van der Waals surface area contributed by atoms with Gasteiger partial charge in [0.1, 0.15) is 23.0 Å². The van der Waals surface area contributed by atoms with Gasteiger partial charge in [0.2, 0.25) is 5.91 Å². The van der Waals surface area contributed by atoms with Gasteiger partial charge in [-0.25, -0.2) is 9.59 Å². The van der Waals surface area contributed by atoms with Crippen LogP contribution in [0.2, 0.25) is 0 Å². The largest absolute Gasteiger partial charge is 0.487 e. The lowest BCUT2D eigenvalue weighted by atomic mass is 9.79. The van der Waals surface area contributed by atoms with Crippen molar-refractivity contribution in [3.63, 3.8) is 0 Å². The lowest BCUT2D eigenvalue weighted by Gasteiger charge is -2.41. The molecule has 1 unspecified atom stereocenters. The average Bonchev–Trinajstić information content (AvgIpc) is 2.76. The first-order valence-corrected chi connectivity index (χ1v) is 12.5. The number of carbonyl (C=O) groups excluding carboxylic acids is 1. The quantitative estimate of drug-likeness (QED) is 0.636. The maximum atomic E-state index is 12.7. The van der Waals surface area contributed by atoms with E-state index in [0.29, 0.717) is 11.1 Å². The summed E-state index contributed by atoms with van der Waals surface area (Å²) in [4.78, 5) is 36.5. The minimum Gasteiger partial charge on any atom is -0.487 e. The number of amides is 1. The Labute approximate surface area is 190 Å². The van der Waals surface area contributed by atoms with Crippen molar-refractivity contribution in [3.8, 4) is 5.75 Å². The molecule has 1 aliphatic heterocycles.